The zero-order chi connectivity index (χ0) is 11.6. The highest BCUT2D eigenvalue weighted by Crippen LogP contribution is 2.21. The Morgan fingerprint density at radius 2 is 1.94 bits per heavy atom. The van der Waals surface area contributed by atoms with Crippen LogP contribution in [0, 0.1) is 0 Å². The zero-order valence-corrected chi connectivity index (χ0v) is 10.1. The molecule has 0 radical (unpaired) electrons. The van der Waals surface area contributed by atoms with Gasteiger partial charge in [0.2, 0.25) is 15.1 Å². The van der Waals surface area contributed by atoms with Gasteiger partial charge in [0.15, 0.2) is 0 Å². The highest BCUT2D eigenvalue weighted by atomic mass is 32.2. The summed E-state index contributed by atoms with van der Waals surface area (Å²) < 4.78 is 26.1. The summed E-state index contributed by atoms with van der Waals surface area (Å²) in [4.78, 5) is 11.5. The van der Waals surface area contributed by atoms with E-state index in [9.17, 15) is 13.2 Å². The van der Waals surface area contributed by atoms with Crippen molar-refractivity contribution in [3.8, 4) is 0 Å². The maximum atomic E-state index is 11.9. The molecule has 0 unspecified atom stereocenters. The number of carbonyl (C=O) groups is 1. The molecule has 0 aliphatic carbocycles. The molecule has 86 valence electrons. The van der Waals surface area contributed by atoms with Gasteiger partial charge in [-0.2, -0.15) is 4.72 Å². The van der Waals surface area contributed by atoms with Crippen LogP contribution in [0.5, 0.6) is 0 Å². The minimum Gasteiger partial charge on any atom is -0.285 e. The zero-order valence-electron chi connectivity index (χ0n) is 8.42. The standard InChI is InChI=1S/C10H11NO3S2/c12-10-9(6-7-15-10)11-16(13,14)8-4-2-1-3-5-8/h1-5,9,11H,6-7H2/t9-/m0/s1. The molecular formula is C10H11NO3S2. The first-order chi connectivity index (χ1) is 7.59. The average Bonchev–Trinajstić information content (AvgIpc) is 2.65. The van der Waals surface area contributed by atoms with Crippen molar-refractivity contribution in [1.82, 2.24) is 4.72 Å². The number of thioether (sulfide) groups is 1. The van der Waals surface area contributed by atoms with Crippen LogP contribution in [0.2, 0.25) is 0 Å². The summed E-state index contributed by atoms with van der Waals surface area (Å²) in [6.07, 6.45) is 0.565. The summed E-state index contributed by atoms with van der Waals surface area (Å²) in [5.74, 6) is 0.681. The van der Waals surface area contributed by atoms with E-state index in [0.717, 1.165) is 0 Å². The first-order valence-corrected chi connectivity index (χ1v) is 7.30. The molecule has 1 fully saturated rings. The molecule has 1 aliphatic heterocycles. The SMILES string of the molecule is O=C1SCC[C@@H]1NS(=O)(=O)c1ccccc1. The quantitative estimate of drug-likeness (QED) is 0.877. The van der Waals surface area contributed by atoms with E-state index in [-0.39, 0.29) is 10.0 Å². The summed E-state index contributed by atoms with van der Waals surface area (Å²) in [5.41, 5.74) is 0. The van der Waals surface area contributed by atoms with Crippen LogP contribution in [0.1, 0.15) is 6.42 Å². The lowest BCUT2D eigenvalue weighted by Crippen LogP contribution is -2.37. The van der Waals surface area contributed by atoms with E-state index in [0.29, 0.717) is 12.2 Å². The molecular weight excluding hydrogens is 246 g/mol. The highest BCUT2D eigenvalue weighted by molar-refractivity contribution is 8.14. The van der Waals surface area contributed by atoms with Crippen LogP contribution >= 0.6 is 11.8 Å². The lowest BCUT2D eigenvalue weighted by Gasteiger charge is -2.10. The van der Waals surface area contributed by atoms with Crippen molar-refractivity contribution >= 4 is 26.9 Å². The van der Waals surface area contributed by atoms with Gasteiger partial charge in [-0.1, -0.05) is 30.0 Å². The second-order valence-electron chi connectivity index (χ2n) is 3.44. The van der Waals surface area contributed by atoms with Crippen molar-refractivity contribution in [2.45, 2.75) is 17.4 Å². The summed E-state index contributed by atoms with van der Waals surface area (Å²) in [6.45, 7) is 0. The Kier molecular flexibility index (Phi) is 3.32. The van der Waals surface area contributed by atoms with Crippen molar-refractivity contribution < 1.29 is 13.2 Å². The molecule has 0 amide bonds. The molecule has 0 saturated carbocycles. The summed E-state index contributed by atoms with van der Waals surface area (Å²) in [6, 6.07) is 7.49. The van der Waals surface area contributed by atoms with E-state index >= 15 is 0 Å². The van der Waals surface area contributed by atoms with E-state index in [4.69, 9.17) is 0 Å². The minimum atomic E-state index is -3.56. The second-order valence-corrected chi connectivity index (χ2v) is 6.26. The minimum absolute atomic E-state index is 0.0977. The largest absolute Gasteiger partial charge is 0.285 e. The molecule has 1 atom stereocenters. The molecule has 16 heavy (non-hydrogen) atoms. The Labute approximate surface area is 98.5 Å². The van der Waals surface area contributed by atoms with Crippen LogP contribution in [0.4, 0.5) is 0 Å². The fourth-order valence-electron chi connectivity index (χ4n) is 1.46. The Bertz CT molecular complexity index is 484. The van der Waals surface area contributed by atoms with Crippen LogP contribution in [0.3, 0.4) is 0 Å². The number of hydrogen-bond donors (Lipinski definition) is 1. The lowest BCUT2D eigenvalue weighted by atomic mass is 10.3. The number of carbonyl (C=O) groups excluding carboxylic acids is 1. The van der Waals surface area contributed by atoms with Gasteiger partial charge in [0, 0.05) is 5.75 Å². The van der Waals surface area contributed by atoms with Crippen LogP contribution in [0.25, 0.3) is 0 Å². The van der Waals surface area contributed by atoms with E-state index in [2.05, 4.69) is 4.72 Å². The molecule has 1 aliphatic rings. The molecule has 0 bridgehead atoms. The first kappa shape index (κ1) is 11.6. The maximum Gasteiger partial charge on any atom is 0.241 e. The Morgan fingerprint density at radius 1 is 1.25 bits per heavy atom. The smallest absolute Gasteiger partial charge is 0.241 e. The van der Waals surface area contributed by atoms with E-state index in [1.807, 2.05) is 0 Å². The second kappa shape index (κ2) is 4.57. The first-order valence-electron chi connectivity index (χ1n) is 4.83. The molecule has 1 N–H and O–H groups in total. The van der Waals surface area contributed by atoms with Crippen molar-refractivity contribution in [1.29, 1.82) is 0 Å². The van der Waals surface area contributed by atoms with Gasteiger partial charge >= 0.3 is 0 Å². The van der Waals surface area contributed by atoms with E-state index < -0.39 is 16.1 Å². The average molecular weight is 257 g/mol. The predicted octanol–water partition coefficient (Wildman–Crippen LogP) is 0.997. The third-order valence-corrected chi connectivity index (χ3v) is 4.78. The molecule has 1 heterocycles. The van der Waals surface area contributed by atoms with Crippen LogP contribution in [-0.2, 0) is 14.8 Å². The van der Waals surface area contributed by atoms with Gasteiger partial charge in [-0.3, -0.25) is 4.79 Å². The Morgan fingerprint density at radius 3 is 2.50 bits per heavy atom. The molecule has 4 nitrogen and oxygen atoms in total. The Hall–Kier alpha value is -0.850. The number of benzene rings is 1. The van der Waals surface area contributed by atoms with Gasteiger partial charge in [-0.15, -0.1) is 0 Å². The normalized spacial score (nSPS) is 21.2. The van der Waals surface area contributed by atoms with Crippen LogP contribution in [0.15, 0.2) is 35.2 Å². The van der Waals surface area contributed by atoms with Crippen molar-refractivity contribution in [2.75, 3.05) is 5.75 Å². The number of nitrogens with one attached hydrogen (secondary N) is 1. The van der Waals surface area contributed by atoms with Crippen molar-refractivity contribution in [3.05, 3.63) is 30.3 Å². The molecule has 0 spiro atoms. The van der Waals surface area contributed by atoms with Crippen molar-refractivity contribution in [2.24, 2.45) is 0 Å². The highest BCUT2D eigenvalue weighted by Gasteiger charge is 2.29. The Balaban J connectivity index is 2.18. The third-order valence-electron chi connectivity index (χ3n) is 2.29. The topological polar surface area (TPSA) is 63.2 Å². The predicted molar refractivity (Wildman–Crippen MR) is 62.6 cm³/mol. The van der Waals surface area contributed by atoms with E-state index in [1.165, 1.54) is 23.9 Å². The van der Waals surface area contributed by atoms with Gasteiger partial charge in [0.05, 0.1) is 10.9 Å². The number of hydrogen-bond acceptors (Lipinski definition) is 4. The molecule has 0 aromatic heterocycles. The van der Waals surface area contributed by atoms with Gasteiger partial charge < -0.3 is 0 Å². The monoisotopic (exact) mass is 257 g/mol. The van der Waals surface area contributed by atoms with Gasteiger partial charge in [0.25, 0.3) is 0 Å². The molecule has 1 aromatic rings. The third kappa shape index (κ3) is 2.45. The molecule has 6 heteroatoms. The number of sulfonamides is 1. The van der Waals surface area contributed by atoms with Crippen molar-refractivity contribution in [3.63, 3.8) is 0 Å². The summed E-state index contributed by atoms with van der Waals surface area (Å²) in [7, 11) is -3.56. The molecule has 1 aromatic carbocycles. The van der Waals surface area contributed by atoms with Crippen LogP contribution < -0.4 is 4.72 Å². The summed E-state index contributed by atoms with van der Waals surface area (Å²) in [5, 5.41) is -0.0977. The maximum absolute atomic E-state index is 11.9. The lowest BCUT2D eigenvalue weighted by molar-refractivity contribution is -0.111. The number of rotatable bonds is 3. The molecule has 2 rings (SSSR count). The van der Waals surface area contributed by atoms with Gasteiger partial charge in [-0.05, 0) is 18.6 Å². The fraction of sp³-hybridized carbons (Fsp3) is 0.300. The van der Waals surface area contributed by atoms with Gasteiger partial charge in [-0.25, -0.2) is 8.42 Å². The van der Waals surface area contributed by atoms with E-state index in [1.54, 1.807) is 18.2 Å². The van der Waals surface area contributed by atoms with Crippen LogP contribution in [-0.4, -0.2) is 25.3 Å². The summed E-state index contributed by atoms with van der Waals surface area (Å²) >= 11 is 1.18. The molecule has 1 saturated heterocycles. The fourth-order valence-corrected chi connectivity index (χ4v) is 3.72. The van der Waals surface area contributed by atoms with Gasteiger partial charge in [0.1, 0.15) is 0 Å².